The quantitative estimate of drug-likeness (QED) is 0.575. The van der Waals surface area contributed by atoms with E-state index in [4.69, 9.17) is 4.74 Å². The molecule has 0 aliphatic heterocycles. The number of methoxy groups -OCH3 is 1. The van der Waals surface area contributed by atoms with Gasteiger partial charge < -0.3 is 4.74 Å². The van der Waals surface area contributed by atoms with Gasteiger partial charge in [0.15, 0.2) is 0 Å². The van der Waals surface area contributed by atoms with Crippen molar-refractivity contribution in [3.05, 3.63) is 64.7 Å². The number of alkyl halides is 1. The minimum atomic E-state index is -1.02. The number of hydrogen-bond acceptors (Lipinski definition) is 1. The zero-order valence-corrected chi connectivity index (χ0v) is 11.8. The van der Waals surface area contributed by atoms with Gasteiger partial charge in [-0.2, -0.15) is 0 Å². The van der Waals surface area contributed by atoms with Crippen LogP contribution >= 0.6 is 15.9 Å². The molecule has 0 heterocycles. The van der Waals surface area contributed by atoms with Crippen LogP contribution in [0.5, 0.6) is 5.75 Å². The normalized spacial score (nSPS) is 12.3. The molecule has 106 valence electrons. The second kappa shape index (κ2) is 5.83. The first-order valence-electron chi connectivity index (χ1n) is 5.55. The average Bonchev–Trinajstić information content (AvgIpc) is 2.36. The van der Waals surface area contributed by atoms with Gasteiger partial charge in [-0.25, -0.2) is 17.6 Å². The van der Waals surface area contributed by atoms with E-state index in [0.717, 1.165) is 24.3 Å². The van der Waals surface area contributed by atoms with Crippen LogP contribution in [0.2, 0.25) is 0 Å². The summed E-state index contributed by atoms with van der Waals surface area (Å²) in [6.45, 7) is 0. The van der Waals surface area contributed by atoms with Crippen LogP contribution < -0.4 is 4.74 Å². The molecule has 0 aliphatic rings. The maximum atomic E-state index is 13.9. The monoisotopic (exact) mass is 348 g/mol. The molecule has 0 saturated heterocycles. The lowest BCUT2D eigenvalue weighted by Gasteiger charge is -2.14. The Morgan fingerprint density at radius 3 is 1.85 bits per heavy atom. The van der Waals surface area contributed by atoms with Crippen LogP contribution in [0, 0.1) is 23.3 Å². The van der Waals surface area contributed by atoms with Gasteiger partial charge in [-0.3, -0.25) is 0 Å². The Morgan fingerprint density at radius 2 is 1.40 bits per heavy atom. The Balaban J connectivity index is 2.50. The molecule has 2 rings (SSSR count). The third kappa shape index (κ3) is 2.95. The van der Waals surface area contributed by atoms with Gasteiger partial charge in [0, 0.05) is 23.8 Å². The smallest absolute Gasteiger partial charge is 0.134 e. The maximum Gasteiger partial charge on any atom is 0.134 e. The molecule has 0 aliphatic carbocycles. The minimum absolute atomic E-state index is 0.0221. The van der Waals surface area contributed by atoms with Gasteiger partial charge in [0.1, 0.15) is 29.0 Å². The van der Waals surface area contributed by atoms with E-state index in [1.165, 1.54) is 7.11 Å². The summed E-state index contributed by atoms with van der Waals surface area (Å²) in [7, 11) is 1.28. The predicted octanol–water partition coefficient (Wildman–Crippen LogP) is 4.74. The van der Waals surface area contributed by atoms with Crippen molar-refractivity contribution >= 4 is 15.9 Å². The molecule has 0 fully saturated rings. The van der Waals surface area contributed by atoms with Gasteiger partial charge in [0.25, 0.3) is 0 Å². The van der Waals surface area contributed by atoms with Crippen molar-refractivity contribution in [1.82, 2.24) is 0 Å². The molecule has 0 N–H and O–H groups in total. The summed E-state index contributed by atoms with van der Waals surface area (Å²) in [5.41, 5.74) is -0.263. The third-order valence-electron chi connectivity index (χ3n) is 2.72. The number of ether oxygens (including phenoxy) is 1. The Labute approximate surface area is 121 Å². The summed E-state index contributed by atoms with van der Waals surface area (Å²) >= 11 is 3.06. The molecule has 1 nitrogen and oxygen atoms in total. The SMILES string of the molecule is COc1cc(F)c(C(Br)c2cc(F)cc(F)c2)c(F)c1. The summed E-state index contributed by atoms with van der Waals surface area (Å²) in [6.07, 6.45) is 0. The summed E-state index contributed by atoms with van der Waals surface area (Å²) in [4.78, 5) is -1.02. The zero-order chi connectivity index (χ0) is 14.9. The molecule has 0 spiro atoms. The minimum Gasteiger partial charge on any atom is -0.497 e. The number of halogens is 5. The molecule has 0 amide bonds. The molecule has 0 saturated carbocycles. The van der Waals surface area contributed by atoms with Crippen LogP contribution in [-0.2, 0) is 0 Å². The highest BCUT2D eigenvalue weighted by atomic mass is 79.9. The zero-order valence-electron chi connectivity index (χ0n) is 10.3. The fourth-order valence-corrected chi connectivity index (χ4v) is 2.51. The Hall–Kier alpha value is -1.56. The van der Waals surface area contributed by atoms with E-state index in [-0.39, 0.29) is 16.9 Å². The van der Waals surface area contributed by atoms with Gasteiger partial charge >= 0.3 is 0 Å². The number of rotatable bonds is 3. The molecule has 20 heavy (non-hydrogen) atoms. The summed E-state index contributed by atoms with van der Waals surface area (Å²) < 4.78 is 58.8. The summed E-state index contributed by atoms with van der Waals surface area (Å²) in [6, 6.07) is 4.70. The topological polar surface area (TPSA) is 9.23 Å². The fourth-order valence-electron chi connectivity index (χ4n) is 1.81. The van der Waals surface area contributed by atoms with Crippen LogP contribution in [0.3, 0.4) is 0 Å². The third-order valence-corrected chi connectivity index (χ3v) is 3.71. The lowest BCUT2D eigenvalue weighted by atomic mass is 10.0. The molecule has 0 aromatic heterocycles. The molecule has 1 atom stereocenters. The first-order valence-corrected chi connectivity index (χ1v) is 6.47. The number of hydrogen-bond donors (Lipinski definition) is 0. The van der Waals surface area contributed by atoms with E-state index in [9.17, 15) is 17.6 Å². The van der Waals surface area contributed by atoms with Gasteiger partial charge in [-0.15, -0.1) is 0 Å². The molecule has 0 bridgehead atoms. The van der Waals surface area contributed by atoms with E-state index >= 15 is 0 Å². The second-order valence-electron chi connectivity index (χ2n) is 4.07. The van der Waals surface area contributed by atoms with Crippen LogP contribution in [0.25, 0.3) is 0 Å². The van der Waals surface area contributed by atoms with Gasteiger partial charge in [-0.1, -0.05) is 15.9 Å². The Bertz CT molecular complexity index is 602. The Morgan fingerprint density at radius 1 is 0.900 bits per heavy atom. The highest BCUT2D eigenvalue weighted by Gasteiger charge is 2.22. The first-order chi connectivity index (χ1) is 9.42. The van der Waals surface area contributed by atoms with Crippen LogP contribution in [0.1, 0.15) is 16.0 Å². The molecule has 6 heteroatoms. The van der Waals surface area contributed by atoms with Gasteiger partial charge in [0.05, 0.1) is 11.9 Å². The van der Waals surface area contributed by atoms with Gasteiger partial charge in [-0.05, 0) is 17.7 Å². The fraction of sp³-hybridized carbons (Fsp3) is 0.143. The molecule has 1 unspecified atom stereocenters. The van der Waals surface area contributed by atoms with Crippen molar-refractivity contribution in [3.63, 3.8) is 0 Å². The van der Waals surface area contributed by atoms with E-state index in [1.807, 2.05) is 0 Å². The van der Waals surface area contributed by atoms with Crippen LogP contribution in [-0.4, -0.2) is 7.11 Å². The highest BCUT2D eigenvalue weighted by Crippen LogP contribution is 2.36. The van der Waals surface area contributed by atoms with Gasteiger partial charge in [0.2, 0.25) is 0 Å². The molecule has 2 aromatic rings. The number of benzene rings is 2. The lowest BCUT2D eigenvalue weighted by molar-refractivity contribution is 0.405. The van der Waals surface area contributed by atoms with Crippen LogP contribution in [0.15, 0.2) is 30.3 Å². The van der Waals surface area contributed by atoms with Crippen LogP contribution in [0.4, 0.5) is 17.6 Å². The van der Waals surface area contributed by atoms with E-state index in [2.05, 4.69) is 15.9 Å². The molecule has 0 radical (unpaired) electrons. The van der Waals surface area contributed by atoms with Crippen molar-refractivity contribution in [2.75, 3.05) is 7.11 Å². The van der Waals surface area contributed by atoms with E-state index in [0.29, 0.717) is 6.07 Å². The summed E-state index contributed by atoms with van der Waals surface area (Å²) in [5.74, 6) is -3.35. The highest BCUT2D eigenvalue weighted by molar-refractivity contribution is 9.09. The largest absolute Gasteiger partial charge is 0.497 e. The standard InChI is InChI=1S/C14H9BrF4O/c1-20-10-5-11(18)13(12(19)6-10)14(15)7-2-8(16)4-9(17)3-7/h2-6,14H,1H3. The van der Waals surface area contributed by atoms with Crippen molar-refractivity contribution in [1.29, 1.82) is 0 Å². The molecular weight excluding hydrogens is 340 g/mol. The lowest BCUT2D eigenvalue weighted by Crippen LogP contribution is -2.02. The summed E-state index contributed by atoms with van der Waals surface area (Å²) in [5, 5.41) is 0. The van der Waals surface area contributed by atoms with E-state index in [1.54, 1.807) is 0 Å². The van der Waals surface area contributed by atoms with Crippen molar-refractivity contribution in [2.45, 2.75) is 4.83 Å². The van der Waals surface area contributed by atoms with Crippen molar-refractivity contribution in [3.8, 4) is 5.75 Å². The predicted molar refractivity (Wildman–Crippen MR) is 70.0 cm³/mol. The Kier molecular flexibility index (Phi) is 4.32. The van der Waals surface area contributed by atoms with Crippen molar-refractivity contribution in [2.24, 2.45) is 0 Å². The average molecular weight is 349 g/mol. The van der Waals surface area contributed by atoms with Crippen molar-refractivity contribution < 1.29 is 22.3 Å². The molecular formula is C14H9BrF4O. The maximum absolute atomic E-state index is 13.9. The second-order valence-corrected chi connectivity index (χ2v) is 4.99. The first kappa shape index (κ1) is 14.8. The molecule has 2 aromatic carbocycles. The van der Waals surface area contributed by atoms with E-state index < -0.39 is 28.1 Å².